The van der Waals surface area contributed by atoms with Crippen molar-refractivity contribution in [1.82, 2.24) is 10.2 Å². The Balaban J connectivity index is 1.38. The summed E-state index contributed by atoms with van der Waals surface area (Å²) in [4.78, 5) is 14.8. The van der Waals surface area contributed by atoms with Gasteiger partial charge in [0.2, 0.25) is 12.7 Å². The van der Waals surface area contributed by atoms with Crippen LogP contribution in [0.3, 0.4) is 0 Å². The molecule has 2 aromatic rings. The molecule has 1 amide bonds. The molecule has 0 bridgehead atoms. The van der Waals surface area contributed by atoms with Crippen molar-refractivity contribution in [2.75, 3.05) is 20.4 Å². The zero-order valence-electron chi connectivity index (χ0n) is 15.9. The minimum absolute atomic E-state index is 0.0331. The molecule has 0 aromatic heterocycles. The van der Waals surface area contributed by atoms with Gasteiger partial charge in [-0.3, -0.25) is 9.69 Å². The molecule has 1 aliphatic carbocycles. The van der Waals surface area contributed by atoms with Crippen LogP contribution in [0.1, 0.15) is 48.5 Å². The predicted octanol–water partition coefficient (Wildman–Crippen LogP) is 3.60. The summed E-state index contributed by atoms with van der Waals surface area (Å²) in [6.45, 7) is 2.63. The monoisotopic (exact) mass is 366 g/mol. The Labute approximate surface area is 160 Å². The van der Waals surface area contributed by atoms with Gasteiger partial charge in [0.1, 0.15) is 0 Å². The van der Waals surface area contributed by atoms with Gasteiger partial charge in [-0.15, -0.1) is 0 Å². The first kappa shape index (κ1) is 17.9. The Morgan fingerprint density at radius 1 is 1.22 bits per heavy atom. The van der Waals surface area contributed by atoms with Gasteiger partial charge in [0.25, 0.3) is 0 Å². The third-order valence-corrected chi connectivity index (χ3v) is 5.54. The number of likely N-dealkylation sites (N-methyl/N-ethyl adjacent to an activating group) is 1. The van der Waals surface area contributed by atoms with Gasteiger partial charge in [0.15, 0.2) is 11.5 Å². The fraction of sp³-hybridized carbons (Fsp3) is 0.409. The third-order valence-electron chi connectivity index (χ3n) is 5.54. The summed E-state index contributed by atoms with van der Waals surface area (Å²) >= 11 is 0. The lowest BCUT2D eigenvalue weighted by molar-refractivity contribution is -0.123. The Hall–Kier alpha value is -2.53. The molecule has 5 nitrogen and oxygen atoms in total. The van der Waals surface area contributed by atoms with E-state index in [2.05, 4.69) is 34.5 Å². The minimum atomic E-state index is -0.0842. The van der Waals surface area contributed by atoms with E-state index in [1.165, 1.54) is 17.5 Å². The van der Waals surface area contributed by atoms with E-state index in [1.54, 1.807) is 0 Å². The van der Waals surface area contributed by atoms with Gasteiger partial charge in [0, 0.05) is 6.04 Å². The molecule has 1 heterocycles. The summed E-state index contributed by atoms with van der Waals surface area (Å²) in [6.07, 6.45) is 3.40. The number of nitrogens with one attached hydrogen (secondary N) is 1. The molecule has 0 saturated heterocycles. The van der Waals surface area contributed by atoms with Gasteiger partial charge in [-0.2, -0.15) is 0 Å². The largest absolute Gasteiger partial charge is 0.454 e. The third kappa shape index (κ3) is 3.78. The van der Waals surface area contributed by atoms with E-state index < -0.39 is 0 Å². The Morgan fingerprint density at radius 2 is 2.04 bits per heavy atom. The summed E-state index contributed by atoms with van der Waals surface area (Å²) in [5.74, 6) is 1.53. The molecule has 1 aliphatic heterocycles. The van der Waals surface area contributed by atoms with Gasteiger partial charge in [-0.25, -0.2) is 0 Å². The van der Waals surface area contributed by atoms with Crippen molar-refractivity contribution in [3.63, 3.8) is 0 Å². The fourth-order valence-corrected chi connectivity index (χ4v) is 4.08. The zero-order chi connectivity index (χ0) is 18.8. The number of aryl methyl sites for hydroxylation is 1. The van der Waals surface area contributed by atoms with E-state index in [1.807, 2.05) is 32.2 Å². The average molecular weight is 366 g/mol. The van der Waals surface area contributed by atoms with Crippen LogP contribution in [-0.4, -0.2) is 31.2 Å². The Kier molecular flexibility index (Phi) is 5.03. The molecule has 2 aromatic carbocycles. The summed E-state index contributed by atoms with van der Waals surface area (Å²) < 4.78 is 10.8. The first-order valence-electron chi connectivity index (χ1n) is 9.59. The van der Waals surface area contributed by atoms with Crippen LogP contribution in [0.25, 0.3) is 0 Å². The molecule has 0 fully saturated rings. The van der Waals surface area contributed by atoms with Crippen LogP contribution in [0.5, 0.6) is 11.5 Å². The van der Waals surface area contributed by atoms with Gasteiger partial charge in [-0.05, 0) is 62.1 Å². The molecule has 5 heteroatoms. The number of hydrogen-bond donors (Lipinski definition) is 1. The lowest BCUT2D eigenvalue weighted by Gasteiger charge is -2.33. The van der Waals surface area contributed by atoms with E-state index in [0.717, 1.165) is 29.9 Å². The predicted molar refractivity (Wildman–Crippen MR) is 104 cm³/mol. The molecular formula is C22H26N2O3. The number of fused-ring (bicyclic) bond motifs is 2. The second-order valence-corrected chi connectivity index (χ2v) is 7.42. The average Bonchev–Trinajstić information content (AvgIpc) is 3.15. The van der Waals surface area contributed by atoms with Gasteiger partial charge >= 0.3 is 0 Å². The number of carbonyl (C=O) groups excluding carboxylic acids is 1. The highest BCUT2D eigenvalue weighted by atomic mass is 16.7. The summed E-state index contributed by atoms with van der Waals surface area (Å²) in [5.41, 5.74) is 3.79. The van der Waals surface area contributed by atoms with Crippen LogP contribution in [0.15, 0.2) is 42.5 Å². The number of carbonyl (C=O) groups is 1. The Morgan fingerprint density at radius 3 is 2.93 bits per heavy atom. The van der Waals surface area contributed by atoms with E-state index in [0.29, 0.717) is 12.6 Å². The van der Waals surface area contributed by atoms with E-state index in [9.17, 15) is 4.79 Å². The quantitative estimate of drug-likeness (QED) is 0.878. The molecule has 0 radical (unpaired) electrons. The molecule has 0 saturated carbocycles. The highest BCUT2D eigenvalue weighted by molar-refractivity contribution is 5.78. The second-order valence-electron chi connectivity index (χ2n) is 7.42. The summed E-state index contributed by atoms with van der Waals surface area (Å²) in [5, 5.41) is 3.10. The standard InChI is InChI=1S/C22H26N2O3/c1-15(17-10-11-20-21(12-17)27-14-26-20)23-22(25)13-24(2)19-9-5-7-16-6-3-4-8-18(16)19/h3-4,6,8,10-12,15,19H,5,7,9,13-14H2,1-2H3,(H,23,25)/t15-,19-/m0/s1. The molecule has 1 N–H and O–H groups in total. The number of amides is 1. The molecule has 2 aliphatic rings. The van der Waals surface area contributed by atoms with Crippen LogP contribution in [-0.2, 0) is 11.2 Å². The lowest BCUT2D eigenvalue weighted by atomic mass is 9.87. The van der Waals surface area contributed by atoms with Crippen molar-refractivity contribution in [2.45, 2.75) is 38.3 Å². The SMILES string of the molecule is C[C@H](NC(=O)CN(C)[C@H]1CCCc2ccccc21)c1ccc2c(c1)OCO2. The molecule has 0 spiro atoms. The topological polar surface area (TPSA) is 50.8 Å². The van der Waals surface area contributed by atoms with Crippen LogP contribution < -0.4 is 14.8 Å². The molecule has 27 heavy (non-hydrogen) atoms. The van der Waals surface area contributed by atoms with Gasteiger partial charge in [0.05, 0.1) is 12.6 Å². The normalized spacial score (nSPS) is 18.9. The molecular weight excluding hydrogens is 340 g/mol. The van der Waals surface area contributed by atoms with Crippen molar-refractivity contribution in [2.24, 2.45) is 0 Å². The van der Waals surface area contributed by atoms with Crippen LogP contribution in [0.2, 0.25) is 0 Å². The maximum Gasteiger partial charge on any atom is 0.234 e. The first-order valence-corrected chi connectivity index (χ1v) is 9.59. The number of ether oxygens (including phenoxy) is 2. The van der Waals surface area contributed by atoms with Crippen LogP contribution in [0, 0.1) is 0 Å². The van der Waals surface area contributed by atoms with E-state index >= 15 is 0 Å². The molecule has 4 rings (SSSR count). The molecule has 2 atom stereocenters. The number of benzene rings is 2. The zero-order valence-corrected chi connectivity index (χ0v) is 15.9. The van der Waals surface area contributed by atoms with Gasteiger partial charge < -0.3 is 14.8 Å². The highest BCUT2D eigenvalue weighted by Gasteiger charge is 2.25. The summed E-state index contributed by atoms with van der Waals surface area (Å²) in [7, 11) is 2.04. The minimum Gasteiger partial charge on any atom is -0.454 e. The summed E-state index contributed by atoms with van der Waals surface area (Å²) in [6, 6.07) is 14.6. The molecule has 0 unspecified atom stereocenters. The molecule has 142 valence electrons. The van der Waals surface area contributed by atoms with E-state index in [-0.39, 0.29) is 18.7 Å². The van der Waals surface area contributed by atoms with Crippen molar-refractivity contribution < 1.29 is 14.3 Å². The van der Waals surface area contributed by atoms with Crippen molar-refractivity contribution >= 4 is 5.91 Å². The van der Waals surface area contributed by atoms with Crippen molar-refractivity contribution in [1.29, 1.82) is 0 Å². The Bertz CT molecular complexity index is 836. The maximum atomic E-state index is 12.6. The van der Waals surface area contributed by atoms with Crippen LogP contribution in [0.4, 0.5) is 0 Å². The highest BCUT2D eigenvalue weighted by Crippen LogP contribution is 2.35. The van der Waals surface area contributed by atoms with Crippen LogP contribution >= 0.6 is 0 Å². The van der Waals surface area contributed by atoms with Crippen molar-refractivity contribution in [3.8, 4) is 11.5 Å². The lowest BCUT2D eigenvalue weighted by Crippen LogP contribution is -2.39. The smallest absolute Gasteiger partial charge is 0.234 e. The number of hydrogen-bond acceptors (Lipinski definition) is 4. The second kappa shape index (κ2) is 7.61. The van der Waals surface area contributed by atoms with E-state index in [4.69, 9.17) is 9.47 Å². The van der Waals surface area contributed by atoms with Crippen molar-refractivity contribution in [3.05, 3.63) is 59.2 Å². The fourth-order valence-electron chi connectivity index (χ4n) is 4.08. The maximum absolute atomic E-state index is 12.6. The number of nitrogens with zero attached hydrogens (tertiary/aromatic N) is 1. The van der Waals surface area contributed by atoms with Gasteiger partial charge in [-0.1, -0.05) is 30.3 Å². The first-order chi connectivity index (χ1) is 13.1. The number of rotatable bonds is 5.